The molecule has 2 heterocycles. The van der Waals surface area contributed by atoms with Crippen molar-refractivity contribution >= 4 is 11.5 Å². The fraction of sp³-hybridized carbons (Fsp3) is 0.278. The molecular weight excluding hydrogens is 340 g/mol. The number of hydrogen-bond acceptors (Lipinski definition) is 5. The summed E-state index contributed by atoms with van der Waals surface area (Å²) in [6, 6.07) is 6.20. The summed E-state index contributed by atoms with van der Waals surface area (Å²) in [6.45, 7) is 3.92. The Bertz CT molecular complexity index is 893. The molecule has 0 unspecified atom stereocenters. The van der Waals surface area contributed by atoms with Gasteiger partial charge in [0.05, 0.1) is 23.8 Å². The van der Waals surface area contributed by atoms with Crippen molar-refractivity contribution in [1.82, 2.24) is 19.7 Å². The van der Waals surface area contributed by atoms with E-state index in [9.17, 15) is 8.78 Å². The summed E-state index contributed by atoms with van der Waals surface area (Å²) < 4.78 is 30.7. The van der Waals surface area contributed by atoms with E-state index < -0.39 is 6.61 Å². The van der Waals surface area contributed by atoms with E-state index in [2.05, 4.69) is 25.1 Å². The van der Waals surface area contributed by atoms with Crippen LogP contribution in [0.1, 0.15) is 18.3 Å². The van der Waals surface area contributed by atoms with Gasteiger partial charge in [0, 0.05) is 23.5 Å². The molecule has 0 atom stereocenters. The third-order valence-electron chi connectivity index (χ3n) is 3.92. The van der Waals surface area contributed by atoms with Gasteiger partial charge in [0.25, 0.3) is 0 Å². The lowest BCUT2D eigenvalue weighted by atomic mass is 10.1. The number of benzene rings is 1. The zero-order chi connectivity index (χ0) is 18.7. The molecule has 0 radical (unpaired) electrons. The first-order valence-corrected chi connectivity index (χ1v) is 8.16. The van der Waals surface area contributed by atoms with Gasteiger partial charge in [-0.25, -0.2) is 4.98 Å². The van der Waals surface area contributed by atoms with Crippen molar-refractivity contribution in [2.24, 2.45) is 0 Å². The molecule has 3 aromatic rings. The molecule has 0 saturated carbocycles. The summed E-state index contributed by atoms with van der Waals surface area (Å²) >= 11 is 0. The van der Waals surface area contributed by atoms with Gasteiger partial charge < -0.3 is 10.1 Å². The molecule has 1 N–H and O–H groups in total. The predicted molar refractivity (Wildman–Crippen MR) is 94.8 cm³/mol. The number of halogens is 2. The second kappa shape index (κ2) is 7.47. The number of hydrogen-bond donors (Lipinski definition) is 1. The molecule has 2 aromatic heterocycles. The van der Waals surface area contributed by atoms with Gasteiger partial charge in [-0.1, -0.05) is 0 Å². The molecule has 6 nitrogen and oxygen atoms in total. The van der Waals surface area contributed by atoms with E-state index in [4.69, 9.17) is 0 Å². The maximum Gasteiger partial charge on any atom is 0.387 e. The highest BCUT2D eigenvalue weighted by molar-refractivity contribution is 5.66. The van der Waals surface area contributed by atoms with Crippen LogP contribution in [0.15, 0.2) is 36.7 Å². The molecule has 3 rings (SSSR count). The Morgan fingerprint density at radius 1 is 1.15 bits per heavy atom. The van der Waals surface area contributed by atoms with Gasteiger partial charge in [0.15, 0.2) is 0 Å². The Labute approximate surface area is 149 Å². The zero-order valence-corrected chi connectivity index (χ0v) is 14.7. The van der Waals surface area contributed by atoms with Crippen molar-refractivity contribution in [3.8, 4) is 17.0 Å². The van der Waals surface area contributed by atoms with Crippen molar-refractivity contribution in [3.05, 3.63) is 48.0 Å². The van der Waals surface area contributed by atoms with Crippen LogP contribution in [-0.4, -0.2) is 26.4 Å². The van der Waals surface area contributed by atoms with Crippen molar-refractivity contribution in [2.75, 3.05) is 5.32 Å². The summed E-state index contributed by atoms with van der Waals surface area (Å²) in [5.41, 5.74) is 4.30. The first-order valence-electron chi connectivity index (χ1n) is 8.16. The van der Waals surface area contributed by atoms with Crippen LogP contribution in [0.5, 0.6) is 5.75 Å². The standard InChI is InChI=1S/C18H19F2N5O/c1-4-25-12(3)17(11(2)24-25)15-9-21-10-16(23-15)22-13-5-7-14(8-6-13)26-18(19)20/h5-10,18H,4H2,1-3H3,(H,22,23). The second-order valence-electron chi connectivity index (χ2n) is 5.68. The molecule has 0 aliphatic heterocycles. The highest BCUT2D eigenvalue weighted by Crippen LogP contribution is 2.26. The van der Waals surface area contributed by atoms with E-state index in [1.165, 1.54) is 12.1 Å². The second-order valence-corrected chi connectivity index (χ2v) is 5.68. The Morgan fingerprint density at radius 2 is 1.88 bits per heavy atom. The van der Waals surface area contributed by atoms with Crippen LogP contribution in [0.3, 0.4) is 0 Å². The lowest BCUT2D eigenvalue weighted by Gasteiger charge is -2.09. The quantitative estimate of drug-likeness (QED) is 0.710. The number of ether oxygens (including phenoxy) is 1. The third-order valence-corrected chi connectivity index (χ3v) is 3.92. The van der Waals surface area contributed by atoms with Crippen LogP contribution in [0.2, 0.25) is 0 Å². The average Bonchev–Trinajstić information content (AvgIpc) is 2.90. The smallest absolute Gasteiger partial charge is 0.387 e. The van der Waals surface area contributed by atoms with Crippen molar-refractivity contribution in [3.63, 3.8) is 0 Å². The number of nitrogens with one attached hydrogen (secondary N) is 1. The summed E-state index contributed by atoms with van der Waals surface area (Å²) in [5.74, 6) is 0.650. The largest absolute Gasteiger partial charge is 0.435 e. The Morgan fingerprint density at radius 3 is 2.50 bits per heavy atom. The Hall–Kier alpha value is -3.03. The monoisotopic (exact) mass is 359 g/mol. The molecule has 0 amide bonds. The molecule has 136 valence electrons. The lowest BCUT2D eigenvalue weighted by Crippen LogP contribution is -2.02. The number of aryl methyl sites for hydroxylation is 2. The van der Waals surface area contributed by atoms with Gasteiger partial charge in [0.1, 0.15) is 11.6 Å². The van der Waals surface area contributed by atoms with Crippen LogP contribution >= 0.6 is 0 Å². The molecule has 26 heavy (non-hydrogen) atoms. The van der Waals surface area contributed by atoms with Gasteiger partial charge in [0.2, 0.25) is 0 Å². The number of anilines is 2. The minimum absolute atomic E-state index is 0.101. The van der Waals surface area contributed by atoms with Gasteiger partial charge in [-0.2, -0.15) is 13.9 Å². The molecule has 0 aliphatic carbocycles. The maximum absolute atomic E-state index is 12.2. The van der Waals surface area contributed by atoms with Crippen LogP contribution in [0, 0.1) is 13.8 Å². The number of rotatable bonds is 6. The van der Waals surface area contributed by atoms with Crippen LogP contribution in [0.4, 0.5) is 20.3 Å². The zero-order valence-electron chi connectivity index (χ0n) is 14.7. The van der Waals surface area contributed by atoms with E-state index in [1.807, 2.05) is 25.5 Å². The summed E-state index contributed by atoms with van der Waals surface area (Å²) in [5, 5.41) is 7.62. The minimum atomic E-state index is -2.84. The highest BCUT2D eigenvalue weighted by atomic mass is 19.3. The first kappa shape index (κ1) is 17.8. The van der Waals surface area contributed by atoms with E-state index in [1.54, 1.807) is 24.5 Å². The Kier molecular flexibility index (Phi) is 5.11. The summed E-state index contributed by atoms with van der Waals surface area (Å²) in [7, 11) is 0. The molecular formula is C18H19F2N5O. The van der Waals surface area contributed by atoms with Crippen molar-refractivity contribution in [1.29, 1.82) is 0 Å². The maximum atomic E-state index is 12.2. The molecule has 0 spiro atoms. The van der Waals surface area contributed by atoms with Gasteiger partial charge in [-0.15, -0.1) is 0 Å². The third kappa shape index (κ3) is 3.79. The van der Waals surface area contributed by atoms with Crippen LogP contribution in [0.25, 0.3) is 11.3 Å². The van der Waals surface area contributed by atoms with Crippen molar-refractivity contribution < 1.29 is 13.5 Å². The van der Waals surface area contributed by atoms with E-state index in [-0.39, 0.29) is 5.75 Å². The van der Waals surface area contributed by atoms with Crippen LogP contribution in [-0.2, 0) is 6.54 Å². The average molecular weight is 359 g/mol. The number of nitrogens with zero attached hydrogens (tertiary/aromatic N) is 4. The lowest BCUT2D eigenvalue weighted by molar-refractivity contribution is -0.0498. The number of alkyl halides is 2. The molecule has 0 bridgehead atoms. The molecule has 0 aliphatic rings. The van der Waals surface area contributed by atoms with Crippen LogP contribution < -0.4 is 10.1 Å². The molecule has 1 aromatic carbocycles. The van der Waals surface area contributed by atoms with E-state index >= 15 is 0 Å². The number of aromatic nitrogens is 4. The summed E-state index contributed by atoms with van der Waals surface area (Å²) in [6.07, 6.45) is 3.30. The molecule has 0 saturated heterocycles. The van der Waals surface area contributed by atoms with E-state index in [0.29, 0.717) is 11.5 Å². The minimum Gasteiger partial charge on any atom is -0.435 e. The predicted octanol–water partition coefficient (Wildman–Crippen LogP) is 4.32. The first-order chi connectivity index (χ1) is 12.5. The fourth-order valence-corrected chi connectivity index (χ4v) is 2.79. The molecule has 8 heteroatoms. The fourth-order valence-electron chi connectivity index (χ4n) is 2.79. The van der Waals surface area contributed by atoms with Gasteiger partial charge in [-0.05, 0) is 45.0 Å². The van der Waals surface area contributed by atoms with Gasteiger partial charge >= 0.3 is 6.61 Å². The van der Waals surface area contributed by atoms with Crippen molar-refractivity contribution in [2.45, 2.75) is 33.9 Å². The summed E-state index contributed by atoms with van der Waals surface area (Å²) in [4.78, 5) is 8.85. The van der Waals surface area contributed by atoms with E-state index in [0.717, 1.165) is 29.2 Å². The SMILES string of the molecule is CCn1nc(C)c(-c2cncc(Nc3ccc(OC(F)F)cc3)n2)c1C. The normalized spacial score (nSPS) is 11.0. The molecule has 0 fully saturated rings. The topological polar surface area (TPSA) is 64.9 Å². The highest BCUT2D eigenvalue weighted by Gasteiger charge is 2.14. The Balaban J connectivity index is 1.83. The van der Waals surface area contributed by atoms with Gasteiger partial charge in [-0.3, -0.25) is 9.67 Å².